The predicted octanol–water partition coefficient (Wildman–Crippen LogP) is 2.71. The summed E-state index contributed by atoms with van der Waals surface area (Å²) in [5, 5.41) is 12.9. The molecule has 1 aliphatic carbocycles. The third-order valence-corrected chi connectivity index (χ3v) is 3.12. The van der Waals surface area contributed by atoms with E-state index >= 15 is 0 Å². The Labute approximate surface area is 91.3 Å². The fraction of sp³-hybridized carbons (Fsp3) is 0.538. The van der Waals surface area contributed by atoms with Crippen LogP contribution in [0.15, 0.2) is 24.3 Å². The van der Waals surface area contributed by atoms with Crippen molar-refractivity contribution in [1.82, 2.24) is 0 Å². The minimum Gasteiger partial charge on any atom is -0.393 e. The van der Waals surface area contributed by atoms with E-state index in [4.69, 9.17) is 0 Å². The van der Waals surface area contributed by atoms with Crippen molar-refractivity contribution in [3.63, 3.8) is 0 Å². The van der Waals surface area contributed by atoms with Crippen LogP contribution in [0.3, 0.4) is 0 Å². The first-order valence-electron chi connectivity index (χ1n) is 5.75. The number of anilines is 1. The molecule has 82 valence electrons. The molecule has 2 nitrogen and oxygen atoms in total. The van der Waals surface area contributed by atoms with Gasteiger partial charge in [-0.3, -0.25) is 0 Å². The first-order valence-corrected chi connectivity index (χ1v) is 5.75. The minimum atomic E-state index is -0.0685. The van der Waals surface area contributed by atoms with Crippen molar-refractivity contribution in [2.45, 2.75) is 44.8 Å². The Balaban J connectivity index is 1.89. The molecule has 15 heavy (non-hydrogen) atoms. The summed E-state index contributed by atoms with van der Waals surface area (Å²) in [4.78, 5) is 0. The molecule has 0 heterocycles. The number of aliphatic hydroxyl groups excluding tert-OH is 1. The zero-order valence-electron chi connectivity index (χ0n) is 9.24. The molecule has 1 fully saturated rings. The highest BCUT2D eigenvalue weighted by Gasteiger charge is 2.18. The number of rotatable bonds is 2. The maximum absolute atomic E-state index is 9.40. The lowest BCUT2D eigenvalue weighted by atomic mass is 9.93. The van der Waals surface area contributed by atoms with Gasteiger partial charge in [-0.15, -0.1) is 0 Å². The van der Waals surface area contributed by atoms with Gasteiger partial charge in [0.25, 0.3) is 0 Å². The summed E-state index contributed by atoms with van der Waals surface area (Å²) < 4.78 is 0. The zero-order chi connectivity index (χ0) is 10.7. The van der Waals surface area contributed by atoms with Gasteiger partial charge in [-0.25, -0.2) is 0 Å². The first-order chi connectivity index (χ1) is 7.24. The van der Waals surface area contributed by atoms with Gasteiger partial charge in [0.05, 0.1) is 6.10 Å². The Morgan fingerprint density at radius 2 is 1.67 bits per heavy atom. The molecule has 1 aromatic rings. The average Bonchev–Trinajstić information content (AvgIpc) is 2.25. The molecule has 2 N–H and O–H groups in total. The van der Waals surface area contributed by atoms with Crippen LogP contribution in [0, 0.1) is 6.92 Å². The van der Waals surface area contributed by atoms with E-state index in [9.17, 15) is 5.11 Å². The van der Waals surface area contributed by atoms with E-state index in [-0.39, 0.29) is 6.10 Å². The summed E-state index contributed by atoms with van der Waals surface area (Å²) in [6, 6.07) is 9.04. The summed E-state index contributed by atoms with van der Waals surface area (Å²) >= 11 is 0. The van der Waals surface area contributed by atoms with Crippen molar-refractivity contribution >= 4 is 5.69 Å². The molecule has 0 aromatic heterocycles. The standard InChI is InChI=1S/C13H19NO/c1-10-2-4-11(5-3-10)14-12-6-8-13(15)9-7-12/h2-5,12-15H,6-9H2,1H3/t12-,13+. The Morgan fingerprint density at radius 3 is 2.27 bits per heavy atom. The Bertz CT molecular complexity index is 299. The molecule has 1 aliphatic rings. The number of aryl methyl sites for hydroxylation is 1. The third-order valence-electron chi connectivity index (χ3n) is 3.12. The van der Waals surface area contributed by atoms with Crippen molar-refractivity contribution in [2.24, 2.45) is 0 Å². The average molecular weight is 205 g/mol. The van der Waals surface area contributed by atoms with Gasteiger partial charge in [0, 0.05) is 11.7 Å². The van der Waals surface area contributed by atoms with Crippen LogP contribution in [0.2, 0.25) is 0 Å². The fourth-order valence-electron chi connectivity index (χ4n) is 2.11. The van der Waals surface area contributed by atoms with E-state index in [2.05, 4.69) is 36.5 Å². The maximum Gasteiger partial charge on any atom is 0.0541 e. The molecule has 0 atom stereocenters. The van der Waals surface area contributed by atoms with Crippen molar-refractivity contribution in [2.75, 3.05) is 5.32 Å². The number of hydrogen-bond donors (Lipinski definition) is 2. The molecule has 1 aromatic carbocycles. The van der Waals surface area contributed by atoms with Gasteiger partial charge in [-0.1, -0.05) is 17.7 Å². The normalized spacial score (nSPS) is 26.3. The van der Waals surface area contributed by atoms with Crippen LogP contribution < -0.4 is 5.32 Å². The molecule has 0 radical (unpaired) electrons. The zero-order valence-corrected chi connectivity index (χ0v) is 9.24. The van der Waals surface area contributed by atoms with Gasteiger partial charge in [-0.05, 0) is 44.7 Å². The van der Waals surface area contributed by atoms with E-state index < -0.39 is 0 Å². The molecule has 0 unspecified atom stereocenters. The number of aliphatic hydroxyl groups is 1. The number of nitrogens with one attached hydrogen (secondary N) is 1. The first kappa shape index (κ1) is 10.5. The van der Waals surface area contributed by atoms with Crippen molar-refractivity contribution in [3.8, 4) is 0 Å². The second kappa shape index (κ2) is 4.67. The predicted molar refractivity (Wildman–Crippen MR) is 63.1 cm³/mol. The summed E-state index contributed by atoms with van der Waals surface area (Å²) in [6.45, 7) is 2.10. The fourth-order valence-corrected chi connectivity index (χ4v) is 2.11. The van der Waals surface area contributed by atoms with Crippen LogP contribution in [0.5, 0.6) is 0 Å². The smallest absolute Gasteiger partial charge is 0.0541 e. The Morgan fingerprint density at radius 1 is 1.07 bits per heavy atom. The van der Waals surface area contributed by atoms with Crippen LogP contribution in [-0.4, -0.2) is 17.3 Å². The van der Waals surface area contributed by atoms with E-state index in [1.54, 1.807) is 0 Å². The van der Waals surface area contributed by atoms with Gasteiger partial charge in [0.2, 0.25) is 0 Å². The van der Waals surface area contributed by atoms with E-state index in [0.29, 0.717) is 6.04 Å². The van der Waals surface area contributed by atoms with Crippen LogP contribution in [0.25, 0.3) is 0 Å². The second-order valence-corrected chi connectivity index (χ2v) is 4.52. The largest absolute Gasteiger partial charge is 0.393 e. The van der Waals surface area contributed by atoms with Crippen molar-refractivity contribution in [1.29, 1.82) is 0 Å². The highest BCUT2D eigenvalue weighted by molar-refractivity contribution is 5.45. The molecule has 0 bridgehead atoms. The molecule has 1 saturated carbocycles. The quantitative estimate of drug-likeness (QED) is 0.778. The van der Waals surface area contributed by atoms with E-state index in [0.717, 1.165) is 25.7 Å². The summed E-state index contributed by atoms with van der Waals surface area (Å²) in [5.74, 6) is 0. The topological polar surface area (TPSA) is 32.3 Å². The van der Waals surface area contributed by atoms with Gasteiger partial charge < -0.3 is 10.4 Å². The SMILES string of the molecule is Cc1ccc(N[C@H]2CC[C@@H](O)CC2)cc1. The van der Waals surface area contributed by atoms with Gasteiger partial charge in [-0.2, -0.15) is 0 Å². The van der Waals surface area contributed by atoms with Crippen molar-refractivity contribution < 1.29 is 5.11 Å². The number of hydrogen-bond acceptors (Lipinski definition) is 2. The lowest BCUT2D eigenvalue weighted by molar-refractivity contribution is 0.126. The van der Waals surface area contributed by atoms with Crippen LogP contribution >= 0.6 is 0 Å². The lowest BCUT2D eigenvalue weighted by Crippen LogP contribution is -2.28. The molecule has 0 amide bonds. The van der Waals surface area contributed by atoms with Crippen molar-refractivity contribution in [3.05, 3.63) is 29.8 Å². The molecule has 0 aliphatic heterocycles. The van der Waals surface area contributed by atoms with Crippen LogP contribution in [0.4, 0.5) is 5.69 Å². The molecule has 2 rings (SSSR count). The summed E-state index contributed by atoms with van der Waals surface area (Å²) in [5.41, 5.74) is 2.49. The van der Waals surface area contributed by atoms with Gasteiger partial charge >= 0.3 is 0 Å². The lowest BCUT2D eigenvalue weighted by Gasteiger charge is -2.27. The Kier molecular flexibility index (Phi) is 3.27. The second-order valence-electron chi connectivity index (χ2n) is 4.52. The summed E-state index contributed by atoms with van der Waals surface area (Å²) in [7, 11) is 0. The maximum atomic E-state index is 9.40. The number of benzene rings is 1. The van der Waals surface area contributed by atoms with Gasteiger partial charge in [0.1, 0.15) is 0 Å². The van der Waals surface area contributed by atoms with Gasteiger partial charge in [0.15, 0.2) is 0 Å². The molecule has 0 spiro atoms. The van der Waals surface area contributed by atoms with E-state index in [1.807, 2.05) is 0 Å². The molecular formula is C13H19NO. The van der Waals surface area contributed by atoms with E-state index in [1.165, 1.54) is 11.3 Å². The summed E-state index contributed by atoms with van der Waals surface area (Å²) in [6.07, 6.45) is 3.96. The highest BCUT2D eigenvalue weighted by atomic mass is 16.3. The van der Waals surface area contributed by atoms with Crippen LogP contribution in [0.1, 0.15) is 31.2 Å². The van der Waals surface area contributed by atoms with Crippen LogP contribution in [-0.2, 0) is 0 Å². The highest BCUT2D eigenvalue weighted by Crippen LogP contribution is 2.22. The Hall–Kier alpha value is -1.02. The monoisotopic (exact) mass is 205 g/mol. The molecule has 2 heteroatoms. The minimum absolute atomic E-state index is 0.0685. The molecule has 0 saturated heterocycles. The third kappa shape index (κ3) is 2.96. The molecular weight excluding hydrogens is 186 g/mol.